The van der Waals surface area contributed by atoms with Crippen LogP contribution in [0, 0.1) is 0 Å². The second-order valence-corrected chi connectivity index (χ2v) is 5.01. The molecular weight excluding hydrogens is 280 g/mol. The number of hydrogen-bond acceptors (Lipinski definition) is 2. The Hall–Kier alpha value is -0.870. The van der Waals surface area contributed by atoms with Crippen molar-refractivity contribution in [1.82, 2.24) is 5.32 Å². The van der Waals surface area contributed by atoms with Crippen molar-refractivity contribution in [3.05, 3.63) is 34.3 Å². The third kappa shape index (κ3) is 5.33. The maximum atomic E-state index is 11.8. The largest absolute Gasteiger partial charge is 0.352 e. The molecule has 0 spiro atoms. The molecule has 1 rings (SSSR count). The molecule has 1 amide bonds. The fourth-order valence-corrected chi connectivity index (χ4v) is 2.16. The number of carbonyl (C=O) groups is 1. The third-order valence-corrected chi connectivity index (χ3v) is 3.03. The molecule has 0 radical (unpaired) electrons. The van der Waals surface area contributed by atoms with Gasteiger partial charge in [0.15, 0.2) is 0 Å². The van der Waals surface area contributed by atoms with Crippen LogP contribution >= 0.6 is 15.9 Å². The second-order valence-electron chi connectivity index (χ2n) is 4.10. The topological polar surface area (TPSA) is 55.1 Å². The first kappa shape index (κ1) is 14.2. The molecule has 1 unspecified atom stereocenters. The molecule has 4 heteroatoms. The van der Waals surface area contributed by atoms with Gasteiger partial charge in [-0.2, -0.15) is 0 Å². The summed E-state index contributed by atoms with van der Waals surface area (Å²) >= 11 is 3.39. The van der Waals surface area contributed by atoms with Crippen LogP contribution in [0.3, 0.4) is 0 Å². The maximum Gasteiger partial charge on any atom is 0.224 e. The van der Waals surface area contributed by atoms with Gasteiger partial charge in [0, 0.05) is 17.1 Å². The van der Waals surface area contributed by atoms with Crippen molar-refractivity contribution in [2.45, 2.75) is 32.2 Å². The van der Waals surface area contributed by atoms with Gasteiger partial charge in [-0.3, -0.25) is 4.79 Å². The van der Waals surface area contributed by atoms with Crippen molar-refractivity contribution in [3.8, 4) is 0 Å². The Bertz CT molecular complexity index is 368. The van der Waals surface area contributed by atoms with E-state index in [1.54, 1.807) is 0 Å². The fourth-order valence-electron chi connectivity index (χ4n) is 1.71. The highest BCUT2D eigenvalue weighted by atomic mass is 79.9. The van der Waals surface area contributed by atoms with Crippen LogP contribution < -0.4 is 11.1 Å². The van der Waals surface area contributed by atoms with E-state index in [-0.39, 0.29) is 11.9 Å². The quantitative estimate of drug-likeness (QED) is 0.846. The van der Waals surface area contributed by atoms with Crippen LogP contribution in [0.15, 0.2) is 28.7 Å². The van der Waals surface area contributed by atoms with Gasteiger partial charge in [0.1, 0.15) is 0 Å². The first-order chi connectivity index (χ1) is 8.15. The molecule has 1 atom stereocenters. The van der Waals surface area contributed by atoms with Crippen LogP contribution in [0.2, 0.25) is 0 Å². The predicted octanol–water partition coefficient (Wildman–Crippen LogP) is 2.24. The van der Waals surface area contributed by atoms with E-state index in [1.807, 2.05) is 24.3 Å². The van der Waals surface area contributed by atoms with Crippen molar-refractivity contribution in [2.24, 2.45) is 5.73 Å². The summed E-state index contributed by atoms with van der Waals surface area (Å²) in [5, 5.41) is 2.96. The fraction of sp³-hybridized carbons (Fsp3) is 0.462. The van der Waals surface area contributed by atoms with E-state index < -0.39 is 0 Å². The van der Waals surface area contributed by atoms with Crippen molar-refractivity contribution in [3.63, 3.8) is 0 Å². The van der Waals surface area contributed by atoms with Gasteiger partial charge in [-0.15, -0.1) is 0 Å². The lowest BCUT2D eigenvalue weighted by Crippen LogP contribution is -2.40. The molecule has 1 aromatic carbocycles. The lowest BCUT2D eigenvalue weighted by atomic mass is 10.1. The molecule has 0 fully saturated rings. The number of halogens is 1. The summed E-state index contributed by atoms with van der Waals surface area (Å²) in [6.45, 7) is 2.58. The normalized spacial score (nSPS) is 12.2. The third-order valence-electron chi connectivity index (χ3n) is 2.54. The smallest absolute Gasteiger partial charge is 0.224 e. The van der Waals surface area contributed by atoms with Crippen LogP contribution in [0.4, 0.5) is 0 Å². The van der Waals surface area contributed by atoms with Crippen molar-refractivity contribution < 1.29 is 4.79 Å². The molecule has 17 heavy (non-hydrogen) atoms. The minimum absolute atomic E-state index is 0.0343. The first-order valence-corrected chi connectivity index (χ1v) is 6.69. The number of benzene rings is 1. The van der Waals surface area contributed by atoms with Gasteiger partial charge < -0.3 is 11.1 Å². The molecule has 3 N–H and O–H groups in total. The molecule has 0 saturated heterocycles. The number of nitrogens with two attached hydrogens (primary N) is 1. The van der Waals surface area contributed by atoms with Gasteiger partial charge in [0.2, 0.25) is 5.91 Å². The Morgan fingerprint density at radius 1 is 1.53 bits per heavy atom. The van der Waals surface area contributed by atoms with E-state index in [0.29, 0.717) is 13.0 Å². The van der Waals surface area contributed by atoms with E-state index in [4.69, 9.17) is 5.73 Å². The zero-order valence-electron chi connectivity index (χ0n) is 10.1. The number of rotatable bonds is 6. The van der Waals surface area contributed by atoms with E-state index >= 15 is 0 Å². The molecule has 1 aromatic rings. The van der Waals surface area contributed by atoms with Crippen LogP contribution in [0.25, 0.3) is 0 Å². The average molecular weight is 299 g/mol. The Labute approximate surface area is 111 Å². The highest BCUT2D eigenvalue weighted by Gasteiger charge is 2.10. The van der Waals surface area contributed by atoms with Crippen molar-refractivity contribution >= 4 is 21.8 Å². The van der Waals surface area contributed by atoms with Crippen molar-refractivity contribution in [2.75, 3.05) is 6.54 Å². The molecule has 0 heterocycles. The predicted molar refractivity (Wildman–Crippen MR) is 73.7 cm³/mol. The standard InChI is InChI=1S/C13H19BrN2O/c1-2-4-12(9-15)16-13(17)8-10-5-3-6-11(14)7-10/h3,5-7,12H,2,4,8-9,15H2,1H3,(H,16,17). The summed E-state index contributed by atoms with van der Waals surface area (Å²) in [6, 6.07) is 7.87. The van der Waals surface area contributed by atoms with E-state index in [1.165, 1.54) is 0 Å². The van der Waals surface area contributed by atoms with Gasteiger partial charge in [-0.1, -0.05) is 41.4 Å². The van der Waals surface area contributed by atoms with Gasteiger partial charge in [-0.05, 0) is 24.1 Å². The molecule has 0 aromatic heterocycles. The summed E-state index contributed by atoms with van der Waals surface area (Å²) in [5.41, 5.74) is 6.61. The Morgan fingerprint density at radius 3 is 2.88 bits per heavy atom. The summed E-state index contributed by atoms with van der Waals surface area (Å²) in [7, 11) is 0. The second kappa shape index (κ2) is 7.45. The minimum atomic E-state index is 0.0343. The van der Waals surface area contributed by atoms with Crippen LogP contribution in [0.1, 0.15) is 25.3 Å². The minimum Gasteiger partial charge on any atom is -0.352 e. The maximum absolute atomic E-state index is 11.8. The molecule has 0 aliphatic heterocycles. The number of nitrogens with one attached hydrogen (secondary N) is 1. The summed E-state index contributed by atoms with van der Waals surface area (Å²) in [6.07, 6.45) is 2.36. The molecule has 0 aliphatic carbocycles. The highest BCUT2D eigenvalue weighted by molar-refractivity contribution is 9.10. The Kier molecular flexibility index (Phi) is 6.22. The number of hydrogen-bond donors (Lipinski definition) is 2. The van der Waals surface area contributed by atoms with Crippen molar-refractivity contribution in [1.29, 1.82) is 0 Å². The van der Waals surface area contributed by atoms with Crippen LogP contribution in [-0.4, -0.2) is 18.5 Å². The van der Waals surface area contributed by atoms with E-state index in [2.05, 4.69) is 28.2 Å². The molecule has 0 bridgehead atoms. The SMILES string of the molecule is CCCC(CN)NC(=O)Cc1cccc(Br)c1. The molecule has 3 nitrogen and oxygen atoms in total. The van der Waals surface area contributed by atoms with E-state index in [0.717, 1.165) is 22.9 Å². The summed E-state index contributed by atoms with van der Waals surface area (Å²) in [5.74, 6) is 0.0343. The lowest BCUT2D eigenvalue weighted by Gasteiger charge is -2.15. The summed E-state index contributed by atoms with van der Waals surface area (Å²) < 4.78 is 0.992. The average Bonchev–Trinajstić information content (AvgIpc) is 2.28. The molecule has 0 saturated carbocycles. The first-order valence-electron chi connectivity index (χ1n) is 5.89. The monoisotopic (exact) mass is 298 g/mol. The molecular formula is C13H19BrN2O. The lowest BCUT2D eigenvalue weighted by molar-refractivity contribution is -0.121. The molecule has 94 valence electrons. The van der Waals surface area contributed by atoms with Gasteiger partial charge in [-0.25, -0.2) is 0 Å². The summed E-state index contributed by atoms with van der Waals surface area (Å²) in [4.78, 5) is 11.8. The number of carbonyl (C=O) groups excluding carboxylic acids is 1. The van der Waals surface area contributed by atoms with Gasteiger partial charge >= 0.3 is 0 Å². The number of amides is 1. The zero-order valence-corrected chi connectivity index (χ0v) is 11.7. The zero-order chi connectivity index (χ0) is 12.7. The highest BCUT2D eigenvalue weighted by Crippen LogP contribution is 2.12. The van der Waals surface area contributed by atoms with Gasteiger partial charge in [0.25, 0.3) is 0 Å². The Balaban J connectivity index is 2.49. The van der Waals surface area contributed by atoms with E-state index in [9.17, 15) is 4.79 Å². The van der Waals surface area contributed by atoms with Crippen LogP contribution in [-0.2, 0) is 11.2 Å². The van der Waals surface area contributed by atoms with Crippen LogP contribution in [0.5, 0.6) is 0 Å². The Morgan fingerprint density at radius 2 is 2.29 bits per heavy atom. The van der Waals surface area contributed by atoms with Gasteiger partial charge in [0.05, 0.1) is 6.42 Å². The molecule has 0 aliphatic rings.